The van der Waals surface area contributed by atoms with Crippen LogP contribution in [-0.2, 0) is 33.3 Å². The van der Waals surface area contributed by atoms with Crippen LogP contribution in [0.5, 0.6) is 0 Å². The molecule has 0 aromatic carbocycles. The van der Waals surface area contributed by atoms with E-state index < -0.39 is 24.3 Å². The first-order valence-corrected chi connectivity index (χ1v) is 37.0. The van der Waals surface area contributed by atoms with Gasteiger partial charge in [0.1, 0.15) is 13.2 Å². The van der Waals surface area contributed by atoms with Gasteiger partial charge in [0.05, 0.1) is 40.3 Å². The third kappa shape index (κ3) is 72.5. The molecule has 0 fully saturated rings. The van der Waals surface area contributed by atoms with Gasteiger partial charge in [0.15, 0.2) is 12.4 Å². The molecular weight excluding hydrogens is 1130 g/mol. The Kier molecular flexibility index (Phi) is 67.3. The zero-order valence-corrected chi connectivity index (χ0v) is 59.2. The van der Waals surface area contributed by atoms with Crippen LogP contribution >= 0.6 is 0 Å². The predicted octanol–water partition coefficient (Wildman–Crippen LogP) is 22.1. The Morgan fingerprint density at radius 3 is 0.879 bits per heavy atom. The van der Waals surface area contributed by atoms with E-state index in [4.69, 9.17) is 18.9 Å². The van der Waals surface area contributed by atoms with Gasteiger partial charge in [-0.1, -0.05) is 314 Å². The van der Waals surface area contributed by atoms with Gasteiger partial charge in [0.25, 0.3) is 0 Å². The first-order chi connectivity index (χ1) is 44.6. The third-order valence-electron chi connectivity index (χ3n) is 15.6. The zero-order valence-electron chi connectivity index (χ0n) is 59.2. The number of unbranched alkanes of at least 4 members (excludes halogenated alkanes) is 28. The highest BCUT2D eigenvalue weighted by Gasteiger charge is 2.22. The number of carboxylic acids is 1. The van der Waals surface area contributed by atoms with Crippen molar-refractivity contribution < 1.29 is 42.9 Å². The number of allylic oxidation sites excluding steroid dienone is 24. The molecule has 0 spiro atoms. The molecule has 0 aliphatic carbocycles. The van der Waals surface area contributed by atoms with E-state index in [9.17, 15) is 19.5 Å². The standard InChI is InChI=1S/C82H137NO8/c1-6-8-10-12-14-16-18-20-22-24-26-28-30-32-34-36-37-38-39-40-41-42-43-45-46-48-50-52-54-56-58-60-62-64-66-68-70-72-79(84)89-76-78(77-90-82(81(86)87)88-75-74-83(3,4)5)91-80(85)73-71-69-67-65-63-61-59-57-55-53-51-49-47-44-35-33-31-29-27-25-23-21-19-17-15-13-11-9-7-2/h8-11,14-17,20-23,26-29,32-35,47,49,53,55,78,82H,6-7,12-13,18-19,24-25,30-31,36-46,48,50-52,54,56-77H2,1-5H3/b10-8-,11-9-,16-14-,17-15-,22-20-,23-21-,28-26-,29-27-,34-32-,35-33-,49-47-,55-53-. The molecule has 0 aliphatic rings. The van der Waals surface area contributed by atoms with E-state index in [-0.39, 0.29) is 38.6 Å². The number of esters is 2. The minimum Gasteiger partial charge on any atom is -0.545 e. The van der Waals surface area contributed by atoms with Crippen molar-refractivity contribution in [1.29, 1.82) is 0 Å². The SMILES string of the molecule is CC/C=C\C/C=C\C/C=C\C/C=C\C/C=C\C/C=C\C/C=C\CCCCCCCCCC(=O)OC(COC(=O)CCCCCCCCCCCCCCCCCCCCCCC/C=C\C/C=C\C/C=C\C/C=C\C/C=C\CC)COC(OCC[N+](C)(C)C)C(=O)[O-]. The lowest BCUT2D eigenvalue weighted by Crippen LogP contribution is -2.44. The summed E-state index contributed by atoms with van der Waals surface area (Å²) >= 11 is 0. The molecule has 0 aromatic heterocycles. The quantitative estimate of drug-likeness (QED) is 0.0195. The van der Waals surface area contributed by atoms with Crippen LogP contribution in [0.4, 0.5) is 0 Å². The number of ether oxygens (including phenoxy) is 4. The Morgan fingerprint density at radius 1 is 0.330 bits per heavy atom. The lowest BCUT2D eigenvalue weighted by atomic mass is 10.0. The number of hydrogen-bond acceptors (Lipinski definition) is 8. The third-order valence-corrected chi connectivity index (χ3v) is 15.6. The molecule has 2 unspecified atom stereocenters. The van der Waals surface area contributed by atoms with Gasteiger partial charge in [-0.3, -0.25) is 9.59 Å². The van der Waals surface area contributed by atoms with Crippen LogP contribution in [-0.4, -0.2) is 82.3 Å². The number of carboxylic acid groups (broad SMARTS) is 1. The summed E-state index contributed by atoms with van der Waals surface area (Å²) in [6.45, 7) is 4.52. The molecule has 0 bridgehead atoms. The summed E-state index contributed by atoms with van der Waals surface area (Å²) in [7, 11) is 5.92. The normalized spacial score (nSPS) is 13.5. The fourth-order valence-electron chi connectivity index (χ4n) is 10.0. The maximum Gasteiger partial charge on any atom is 0.306 e. The number of nitrogens with zero attached hydrogens (tertiary/aromatic N) is 1. The Labute approximate surface area is 560 Å². The van der Waals surface area contributed by atoms with E-state index in [1.54, 1.807) is 0 Å². The first kappa shape index (κ1) is 86.2. The van der Waals surface area contributed by atoms with Crippen molar-refractivity contribution in [3.63, 3.8) is 0 Å². The molecule has 0 aliphatic heterocycles. The summed E-state index contributed by atoms with van der Waals surface area (Å²) in [6.07, 6.45) is 101. The van der Waals surface area contributed by atoms with Crippen molar-refractivity contribution in [2.45, 2.75) is 309 Å². The van der Waals surface area contributed by atoms with Crippen LogP contribution in [0.15, 0.2) is 146 Å². The van der Waals surface area contributed by atoms with Gasteiger partial charge in [-0.15, -0.1) is 0 Å². The van der Waals surface area contributed by atoms with Crippen LogP contribution in [0, 0.1) is 0 Å². The fourth-order valence-corrected chi connectivity index (χ4v) is 10.0. The van der Waals surface area contributed by atoms with E-state index in [2.05, 4.69) is 160 Å². The first-order valence-electron chi connectivity index (χ1n) is 37.0. The molecular formula is C82H137NO8. The van der Waals surface area contributed by atoms with Gasteiger partial charge < -0.3 is 33.3 Å². The maximum atomic E-state index is 12.9. The Bertz CT molecular complexity index is 2010. The molecule has 2 atom stereocenters. The number of aliphatic carboxylic acids is 1. The number of quaternary nitrogens is 1. The second-order valence-corrected chi connectivity index (χ2v) is 25.5. The summed E-state index contributed by atoms with van der Waals surface area (Å²) < 4.78 is 22.8. The number of carbonyl (C=O) groups excluding carboxylic acids is 3. The number of carbonyl (C=O) groups is 3. The van der Waals surface area contributed by atoms with Crippen LogP contribution in [0.25, 0.3) is 0 Å². The second kappa shape index (κ2) is 71.0. The molecule has 0 rings (SSSR count). The van der Waals surface area contributed by atoms with E-state index in [0.29, 0.717) is 17.4 Å². The van der Waals surface area contributed by atoms with E-state index in [1.807, 2.05) is 21.1 Å². The number of likely N-dealkylation sites (N-methyl/N-ethyl adjacent to an activating group) is 1. The van der Waals surface area contributed by atoms with E-state index in [0.717, 1.165) is 122 Å². The highest BCUT2D eigenvalue weighted by atomic mass is 16.7. The molecule has 0 radical (unpaired) electrons. The minimum absolute atomic E-state index is 0.140. The van der Waals surface area contributed by atoms with Crippen LogP contribution in [0.1, 0.15) is 296 Å². The van der Waals surface area contributed by atoms with E-state index >= 15 is 0 Å². The molecule has 0 aromatic rings. The zero-order chi connectivity index (χ0) is 66.1. The van der Waals surface area contributed by atoms with Crippen molar-refractivity contribution >= 4 is 17.9 Å². The van der Waals surface area contributed by atoms with Crippen molar-refractivity contribution in [2.75, 3.05) is 47.5 Å². The smallest absolute Gasteiger partial charge is 0.306 e. The highest BCUT2D eigenvalue weighted by molar-refractivity contribution is 5.70. The molecule has 0 saturated heterocycles. The monoisotopic (exact) mass is 1260 g/mol. The van der Waals surface area contributed by atoms with Gasteiger partial charge in [0, 0.05) is 12.8 Å². The lowest BCUT2D eigenvalue weighted by Gasteiger charge is -2.26. The molecule has 518 valence electrons. The molecule has 0 N–H and O–H groups in total. The summed E-state index contributed by atoms with van der Waals surface area (Å²) in [6, 6.07) is 0. The number of hydrogen-bond donors (Lipinski definition) is 0. The van der Waals surface area contributed by atoms with Crippen LogP contribution in [0.3, 0.4) is 0 Å². The van der Waals surface area contributed by atoms with Gasteiger partial charge in [-0.05, 0) is 116 Å². The number of rotatable bonds is 67. The minimum atomic E-state index is -1.63. The molecule has 91 heavy (non-hydrogen) atoms. The predicted molar refractivity (Wildman–Crippen MR) is 389 cm³/mol. The van der Waals surface area contributed by atoms with Crippen LogP contribution in [0.2, 0.25) is 0 Å². The van der Waals surface area contributed by atoms with E-state index in [1.165, 1.54) is 141 Å². The summed E-state index contributed by atoms with van der Waals surface area (Å²) in [4.78, 5) is 37.5. The van der Waals surface area contributed by atoms with Gasteiger partial charge in [-0.2, -0.15) is 0 Å². The average Bonchev–Trinajstić information content (AvgIpc) is 3.66. The van der Waals surface area contributed by atoms with Gasteiger partial charge in [0.2, 0.25) is 0 Å². The summed E-state index contributed by atoms with van der Waals surface area (Å²) in [5.74, 6) is -2.30. The lowest BCUT2D eigenvalue weighted by molar-refractivity contribution is -0.870. The second-order valence-electron chi connectivity index (χ2n) is 25.5. The van der Waals surface area contributed by atoms with Crippen molar-refractivity contribution in [3.05, 3.63) is 146 Å². The molecule has 0 heterocycles. The molecule has 9 heteroatoms. The van der Waals surface area contributed by atoms with Gasteiger partial charge >= 0.3 is 11.9 Å². The van der Waals surface area contributed by atoms with Crippen molar-refractivity contribution in [1.82, 2.24) is 0 Å². The van der Waals surface area contributed by atoms with Crippen LogP contribution < -0.4 is 5.11 Å². The maximum absolute atomic E-state index is 12.9. The average molecular weight is 1260 g/mol. The molecule has 0 saturated carbocycles. The summed E-state index contributed by atoms with van der Waals surface area (Å²) in [5, 5.41) is 11.8. The largest absolute Gasteiger partial charge is 0.545 e. The van der Waals surface area contributed by atoms with Crippen molar-refractivity contribution in [3.8, 4) is 0 Å². The topological polar surface area (TPSA) is 111 Å². The van der Waals surface area contributed by atoms with Gasteiger partial charge in [-0.25, -0.2) is 0 Å². The molecule has 0 amide bonds. The Balaban J connectivity index is 4.10. The Morgan fingerprint density at radius 2 is 0.593 bits per heavy atom. The highest BCUT2D eigenvalue weighted by Crippen LogP contribution is 2.17. The van der Waals surface area contributed by atoms with Crippen molar-refractivity contribution in [2.24, 2.45) is 0 Å². The molecule has 9 nitrogen and oxygen atoms in total. The summed E-state index contributed by atoms with van der Waals surface area (Å²) in [5.41, 5.74) is 0. The fraction of sp³-hybridized carbons (Fsp3) is 0.671. The Hall–Kier alpha value is -4.83.